The molecule has 2 heterocycles. The summed E-state index contributed by atoms with van der Waals surface area (Å²) in [5.74, 6) is -0.924. The van der Waals surface area contributed by atoms with Gasteiger partial charge in [0.05, 0.1) is 24.8 Å². The summed E-state index contributed by atoms with van der Waals surface area (Å²) < 4.78 is 5.89. The molecule has 3 aromatic rings. The van der Waals surface area contributed by atoms with Crippen LogP contribution in [0.4, 0.5) is 5.69 Å². The SMILES string of the molecule is CCCCC(CN(Cc1c(Oc2ccccn2)ccc(O)c1O)C(C)=O)N1CN(c2ccccc2)C=C(NC=O)C1=O. The molecule has 0 saturated heterocycles. The average Bonchev–Trinajstić information content (AvgIpc) is 3.00. The number of hydrogen-bond donors (Lipinski definition) is 3. The Hall–Kier alpha value is -5.06. The van der Waals surface area contributed by atoms with Crippen molar-refractivity contribution in [2.24, 2.45) is 0 Å². The summed E-state index contributed by atoms with van der Waals surface area (Å²) in [4.78, 5) is 47.1. The van der Waals surface area contributed by atoms with E-state index >= 15 is 0 Å². The minimum Gasteiger partial charge on any atom is -0.504 e. The number of nitrogens with zero attached hydrogens (tertiary/aromatic N) is 4. The number of unbranched alkanes of at least 4 members (excludes halogenated alkanes) is 1. The Kier molecular flexibility index (Phi) is 9.99. The molecule has 0 fully saturated rings. The van der Waals surface area contributed by atoms with Crippen LogP contribution in [-0.2, 0) is 20.9 Å². The Morgan fingerprint density at radius 3 is 2.57 bits per heavy atom. The van der Waals surface area contributed by atoms with Crippen molar-refractivity contribution in [2.75, 3.05) is 18.1 Å². The first kappa shape index (κ1) is 29.9. The zero-order chi connectivity index (χ0) is 30.1. The van der Waals surface area contributed by atoms with Gasteiger partial charge in [-0.3, -0.25) is 14.4 Å². The lowest BCUT2D eigenvalue weighted by molar-refractivity contribution is -0.135. The van der Waals surface area contributed by atoms with E-state index in [-0.39, 0.29) is 60.2 Å². The third kappa shape index (κ3) is 7.17. The second kappa shape index (κ2) is 14.0. The third-order valence-electron chi connectivity index (χ3n) is 7.01. The van der Waals surface area contributed by atoms with Crippen molar-refractivity contribution in [1.29, 1.82) is 0 Å². The second-order valence-corrected chi connectivity index (χ2v) is 9.90. The van der Waals surface area contributed by atoms with Crippen LogP contribution in [0, 0.1) is 0 Å². The number of ether oxygens (including phenoxy) is 1. The number of para-hydroxylation sites is 1. The predicted molar refractivity (Wildman–Crippen MR) is 156 cm³/mol. The molecule has 0 aliphatic carbocycles. The lowest BCUT2D eigenvalue weighted by Crippen LogP contribution is -2.55. The largest absolute Gasteiger partial charge is 0.504 e. The maximum atomic E-state index is 13.6. The van der Waals surface area contributed by atoms with Crippen LogP contribution in [-0.4, -0.2) is 62.5 Å². The summed E-state index contributed by atoms with van der Waals surface area (Å²) in [6.45, 7) is 3.69. The summed E-state index contributed by atoms with van der Waals surface area (Å²) in [7, 11) is 0. The van der Waals surface area contributed by atoms with Crippen molar-refractivity contribution in [2.45, 2.75) is 45.7 Å². The number of carbonyl (C=O) groups excluding carboxylic acids is 3. The summed E-state index contributed by atoms with van der Waals surface area (Å²) in [5, 5.41) is 23.6. The number of rotatable bonds is 13. The predicted octanol–water partition coefficient (Wildman–Crippen LogP) is 4.09. The van der Waals surface area contributed by atoms with Gasteiger partial charge in [-0.25, -0.2) is 4.98 Å². The molecule has 11 nitrogen and oxygen atoms in total. The first-order valence-electron chi connectivity index (χ1n) is 13.7. The minimum absolute atomic E-state index is 0.0971. The fourth-order valence-electron chi connectivity index (χ4n) is 4.76. The molecule has 3 amide bonds. The Labute approximate surface area is 244 Å². The number of anilines is 1. The quantitative estimate of drug-likeness (QED) is 0.206. The Morgan fingerprint density at radius 1 is 1.14 bits per heavy atom. The molecular weight excluding hydrogens is 538 g/mol. The van der Waals surface area contributed by atoms with Crippen molar-refractivity contribution in [1.82, 2.24) is 20.1 Å². The molecule has 1 aromatic heterocycles. The normalized spacial score (nSPS) is 13.8. The van der Waals surface area contributed by atoms with Gasteiger partial charge in [0, 0.05) is 37.6 Å². The number of hydrogen-bond acceptors (Lipinski definition) is 8. The van der Waals surface area contributed by atoms with E-state index in [2.05, 4.69) is 10.3 Å². The Balaban J connectivity index is 1.65. The van der Waals surface area contributed by atoms with Crippen molar-refractivity contribution in [3.8, 4) is 23.1 Å². The van der Waals surface area contributed by atoms with Crippen molar-refractivity contribution in [3.63, 3.8) is 0 Å². The van der Waals surface area contributed by atoms with Gasteiger partial charge in [-0.05, 0) is 36.8 Å². The maximum absolute atomic E-state index is 13.6. The molecular formula is C31H35N5O6. The number of aromatic nitrogens is 1. The third-order valence-corrected chi connectivity index (χ3v) is 7.01. The first-order chi connectivity index (χ1) is 20.3. The molecule has 220 valence electrons. The molecule has 3 N–H and O–H groups in total. The van der Waals surface area contributed by atoms with Gasteiger partial charge in [0.25, 0.3) is 5.91 Å². The highest BCUT2D eigenvalue weighted by atomic mass is 16.5. The Morgan fingerprint density at radius 2 is 1.90 bits per heavy atom. The van der Waals surface area contributed by atoms with Crippen LogP contribution in [0.1, 0.15) is 38.7 Å². The lowest BCUT2D eigenvalue weighted by Gasteiger charge is -2.41. The van der Waals surface area contributed by atoms with E-state index in [0.29, 0.717) is 12.8 Å². The molecule has 0 saturated carbocycles. The summed E-state index contributed by atoms with van der Waals surface area (Å²) in [6, 6.07) is 17.0. The minimum atomic E-state index is -0.427. The molecule has 11 heteroatoms. The van der Waals surface area contributed by atoms with Gasteiger partial charge in [-0.1, -0.05) is 44.0 Å². The van der Waals surface area contributed by atoms with Gasteiger partial charge in [0.15, 0.2) is 11.5 Å². The molecule has 0 radical (unpaired) electrons. The summed E-state index contributed by atoms with van der Waals surface area (Å²) >= 11 is 0. The topological polar surface area (TPSA) is 136 Å². The highest BCUT2D eigenvalue weighted by molar-refractivity contribution is 5.96. The molecule has 42 heavy (non-hydrogen) atoms. The van der Waals surface area contributed by atoms with E-state index in [1.54, 1.807) is 35.5 Å². The molecule has 1 atom stereocenters. The molecule has 1 unspecified atom stereocenters. The highest BCUT2D eigenvalue weighted by Gasteiger charge is 2.34. The van der Waals surface area contributed by atoms with Crippen LogP contribution in [0.3, 0.4) is 0 Å². The van der Waals surface area contributed by atoms with E-state index in [9.17, 15) is 24.6 Å². The summed E-state index contributed by atoms with van der Waals surface area (Å²) in [5.41, 5.74) is 1.15. The number of carbonyl (C=O) groups is 3. The van der Waals surface area contributed by atoms with Crippen LogP contribution < -0.4 is 15.0 Å². The number of amides is 3. The van der Waals surface area contributed by atoms with E-state index in [1.165, 1.54) is 24.0 Å². The van der Waals surface area contributed by atoms with E-state index in [0.717, 1.165) is 18.5 Å². The maximum Gasteiger partial charge on any atom is 0.273 e. The lowest BCUT2D eigenvalue weighted by atomic mass is 10.0. The number of phenolic OH excluding ortho intramolecular Hbond substituents is 2. The van der Waals surface area contributed by atoms with E-state index in [1.807, 2.05) is 42.2 Å². The van der Waals surface area contributed by atoms with Crippen molar-refractivity contribution in [3.05, 3.63) is 84.3 Å². The van der Waals surface area contributed by atoms with Gasteiger partial charge >= 0.3 is 0 Å². The number of nitrogens with one attached hydrogen (secondary N) is 1. The average molecular weight is 574 g/mol. The van der Waals surface area contributed by atoms with Gasteiger partial charge < -0.3 is 35.0 Å². The highest BCUT2D eigenvalue weighted by Crippen LogP contribution is 2.38. The van der Waals surface area contributed by atoms with Gasteiger partial charge in [0.1, 0.15) is 11.4 Å². The standard InChI is InChI=1S/C31H35N5O6/c1-3-4-10-24(36-21-35(23-11-6-5-7-12-23)19-26(31(36)41)33-20-37)17-34(22(2)38)18-25-28(15-14-27(39)30(25)40)42-29-13-8-9-16-32-29/h5-9,11-16,19-20,24,39-40H,3-4,10,17-18,21H2,1-2H3,(H,33,37). The fraction of sp³-hybridized carbons (Fsp3) is 0.290. The molecule has 2 aromatic carbocycles. The molecule has 1 aliphatic heterocycles. The van der Waals surface area contributed by atoms with Crippen LogP contribution in [0.15, 0.2) is 78.8 Å². The van der Waals surface area contributed by atoms with Gasteiger partial charge in [-0.2, -0.15) is 0 Å². The smallest absolute Gasteiger partial charge is 0.273 e. The molecule has 0 bridgehead atoms. The number of phenols is 2. The van der Waals surface area contributed by atoms with E-state index in [4.69, 9.17) is 4.74 Å². The zero-order valence-electron chi connectivity index (χ0n) is 23.6. The van der Waals surface area contributed by atoms with Crippen LogP contribution in [0.25, 0.3) is 0 Å². The van der Waals surface area contributed by atoms with Crippen LogP contribution >= 0.6 is 0 Å². The van der Waals surface area contributed by atoms with Crippen LogP contribution in [0.2, 0.25) is 0 Å². The first-order valence-corrected chi connectivity index (χ1v) is 13.7. The van der Waals surface area contributed by atoms with E-state index < -0.39 is 11.8 Å². The fourth-order valence-corrected chi connectivity index (χ4v) is 4.76. The Bertz CT molecular complexity index is 1420. The zero-order valence-corrected chi connectivity index (χ0v) is 23.6. The van der Waals surface area contributed by atoms with Crippen LogP contribution in [0.5, 0.6) is 23.1 Å². The molecule has 1 aliphatic rings. The number of pyridine rings is 1. The van der Waals surface area contributed by atoms with Crippen molar-refractivity contribution >= 4 is 23.9 Å². The summed E-state index contributed by atoms with van der Waals surface area (Å²) in [6.07, 6.45) is 5.88. The molecule has 4 rings (SSSR count). The number of aromatic hydroxyl groups is 2. The van der Waals surface area contributed by atoms with Crippen molar-refractivity contribution < 1.29 is 29.3 Å². The second-order valence-electron chi connectivity index (χ2n) is 9.90. The van der Waals surface area contributed by atoms with Gasteiger partial charge in [-0.15, -0.1) is 0 Å². The van der Waals surface area contributed by atoms with Gasteiger partial charge in [0.2, 0.25) is 18.2 Å². The monoisotopic (exact) mass is 573 g/mol. The number of benzene rings is 2. The molecule has 0 spiro atoms.